The number of carbonyl (C=O) groups is 2. The molecule has 2 aliphatic heterocycles. The van der Waals surface area contributed by atoms with Gasteiger partial charge in [-0.15, -0.1) is 6.42 Å². The average Bonchev–Trinajstić information content (AvgIpc) is 2.48. The molecule has 1 saturated heterocycles. The van der Waals surface area contributed by atoms with Gasteiger partial charge in [0.2, 0.25) is 5.91 Å². The van der Waals surface area contributed by atoms with Gasteiger partial charge < -0.3 is 9.64 Å². The molecule has 2 heterocycles. The van der Waals surface area contributed by atoms with Gasteiger partial charge in [0.1, 0.15) is 12.5 Å². The van der Waals surface area contributed by atoms with Gasteiger partial charge >= 0.3 is 0 Å². The average molecular weight is 274 g/mol. The zero-order valence-corrected chi connectivity index (χ0v) is 11.3. The lowest BCUT2D eigenvalue weighted by molar-refractivity contribution is -0.140. The molecule has 106 valence electrons. The van der Waals surface area contributed by atoms with E-state index in [9.17, 15) is 9.59 Å². The summed E-state index contributed by atoms with van der Waals surface area (Å²) < 4.78 is 5.33. The molecular weight excluding hydrogens is 256 g/mol. The van der Waals surface area contributed by atoms with Crippen LogP contribution in [0.15, 0.2) is 17.1 Å². The van der Waals surface area contributed by atoms with Crippen molar-refractivity contribution in [1.82, 2.24) is 4.90 Å². The van der Waals surface area contributed by atoms with Crippen molar-refractivity contribution in [3.05, 3.63) is 12.2 Å². The second-order valence-corrected chi connectivity index (χ2v) is 4.97. The maximum absolute atomic E-state index is 12.3. The van der Waals surface area contributed by atoms with Crippen molar-refractivity contribution < 1.29 is 14.3 Å². The summed E-state index contributed by atoms with van der Waals surface area (Å²) in [5.74, 6) is 1.60. The molecule has 0 aliphatic carbocycles. The van der Waals surface area contributed by atoms with Crippen LogP contribution in [0.3, 0.4) is 0 Å². The van der Waals surface area contributed by atoms with Crippen molar-refractivity contribution in [2.45, 2.75) is 12.8 Å². The summed E-state index contributed by atoms with van der Waals surface area (Å²) in [4.78, 5) is 29.2. The van der Waals surface area contributed by atoms with Gasteiger partial charge in [-0.2, -0.15) is 0 Å². The summed E-state index contributed by atoms with van der Waals surface area (Å²) in [7, 11) is 0. The van der Waals surface area contributed by atoms with Gasteiger partial charge in [0, 0.05) is 19.3 Å². The fourth-order valence-corrected chi connectivity index (χ4v) is 2.43. The lowest BCUT2D eigenvalue weighted by Gasteiger charge is -2.33. The molecule has 1 atom stereocenters. The SMILES string of the molecule is C#CCOCC1CCN(C(=O)C2C=CC=NC2=O)CC1. The van der Waals surface area contributed by atoms with E-state index < -0.39 is 5.92 Å². The Bertz CT molecular complexity index is 468. The Morgan fingerprint density at radius 3 is 2.90 bits per heavy atom. The van der Waals surface area contributed by atoms with Crippen LogP contribution in [-0.4, -0.2) is 49.2 Å². The van der Waals surface area contributed by atoms with E-state index in [1.807, 2.05) is 0 Å². The van der Waals surface area contributed by atoms with Gasteiger partial charge in [-0.25, -0.2) is 4.99 Å². The van der Waals surface area contributed by atoms with E-state index in [1.54, 1.807) is 17.1 Å². The Hall–Kier alpha value is -1.93. The molecule has 0 saturated carbocycles. The Kier molecular flexibility index (Phi) is 5.08. The number of hydrogen-bond acceptors (Lipinski definition) is 3. The number of ether oxygens (including phenoxy) is 1. The van der Waals surface area contributed by atoms with Crippen LogP contribution in [-0.2, 0) is 14.3 Å². The van der Waals surface area contributed by atoms with E-state index in [-0.39, 0.29) is 11.8 Å². The lowest BCUT2D eigenvalue weighted by Crippen LogP contribution is -2.44. The summed E-state index contributed by atoms with van der Waals surface area (Å²) >= 11 is 0. The molecule has 1 unspecified atom stereocenters. The minimum Gasteiger partial charge on any atom is -0.369 e. The normalized spacial score (nSPS) is 22.9. The molecule has 20 heavy (non-hydrogen) atoms. The van der Waals surface area contributed by atoms with Crippen molar-refractivity contribution in [1.29, 1.82) is 0 Å². The van der Waals surface area contributed by atoms with Crippen LogP contribution in [0.25, 0.3) is 0 Å². The van der Waals surface area contributed by atoms with Crippen LogP contribution in [0.5, 0.6) is 0 Å². The number of allylic oxidation sites excluding steroid dienone is 1. The van der Waals surface area contributed by atoms with E-state index in [0.717, 1.165) is 12.8 Å². The van der Waals surface area contributed by atoms with E-state index in [0.29, 0.717) is 32.2 Å². The van der Waals surface area contributed by atoms with Crippen molar-refractivity contribution in [3.8, 4) is 12.3 Å². The first-order valence-electron chi connectivity index (χ1n) is 6.77. The molecule has 0 aromatic heterocycles. The first kappa shape index (κ1) is 14.5. The number of carbonyl (C=O) groups excluding carboxylic acids is 2. The summed E-state index contributed by atoms with van der Waals surface area (Å²) in [6.07, 6.45) is 11.6. The number of nitrogens with zero attached hydrogens (tertiary/aromatic N) is 2. The Balaban J connectivity index is 1.80. The van der Waals surface area contributed by atoms with Crippen LogP contribution in [0, 0.1) is 24.2 Å². The Labute approximate surface area is 118 Å². The van der Waals surface area contributed by atoms with E-state index >= 15 is 0 Å². The predicted molar refractivity (Wildman–Crippen MR) is 75.1 cm³/mol. The second kappa shape index (κ2) is 7.01. The third-order valence-corrected chi connectivity index (χ3v) is 3.59. The number of piperidine rings is 1. The summed E-state index contributed by atoms with van der Waals surface area (Å²) in [5, 5.41) is 0. The lowest BCUT2D eigenvalue weighted by atomic mass is 9.96. The van der Waals surface area contributed by atoms with Crippen molar-refractivity contribution in [3.63, 3.8) is 0 Å². The Morgan fingerprint density at radius 1 is 1.50 bits per heavy atom. The molecule has 0 aromatic rings. The zero-order chi connectivity index (χ0) is 14.4. The van der Waals surface area contributed by atoms with Crippen molar-refractivity contribution in [2.24, 2.45) is 16.8 Å². The highest BCUT2D eigenvalue weighted by Crippen LogP contribution is 2.20. The maximum Gasteiger partial charge on any atom is 0.262 e. The Morgan fingerprint density at radius 2 is 2.25 bits per heavy atom. The highest BCUT2D eigenvalue weighted by Gasteiger charge is 2.31. The molecule has 2 aliphatic rings. The number of dihydropyridines is 1. The van der Waals surface area contributed by atoms with Crippen molar-refractivity contribution >= 4 is 18.0 Å². The predicted octanol–water partition coefficient (Wildman–Crippen LogP) is 0.658. The third-order valence-electron chi connectivity index (χ3n) is 3.59. The van der Waals surface area contributed by atoms with E-state index in [1.165, 1.54) is 6.21 Å². The number of aliphatic imine (C=N–C) groups is 1. The minimum atomic E-state index is -0.741. The molecule has 5 nitrogen and oxygen atoms in total. The monoisotopic (exact) mass is 274 g/mol. The standard InChI is InChI=1S/C15H18N2O3/c1-2-10-20-11-12-5-8-17(9-6-12)15(19)13-4-3-7-16-14(13)18/h1,3-4,7,12-13H,5-6,8-11H2. The molecule has 0 bridgehead atoms. The third kappa shape index (κ3) is 3.55. The number of hydrogen-bond donors (Lipinski definition) is 0. The number of amides is 2. The molecule has 0 spiro atoms. The van der Waals surface area contributed by atoms with E-state index in [2.05, 4.69) is 10.9 Å². The first-order chi connectivity index (χ1) is 9.72. The molecule has 1 fully saturated rings. The van der Waals surface area contributed by atoms with Crippen LogP contribution in [0.4, 0.5) is 0 Å². The highest BCUT2D eigenvalue weighted by atomic mass is 16.5. The van der Waals surface area contributed by atoms with Crippen molar-refractivity contribution in [2.75, 3.05) is 26.3 Å². The fraction of sp³-hybridized carbons (Fsp3) is 0.533. The van der Waals surface area contributed by atoms with Gasteiger partial charge in [0.05, 0.1) is 6.61 Å². The van der Waals surface area contributed by atoms with Gasteiger partial charge in [0.25, 0.3) is 5.91 Å². The van der Waals surface area contributed by atoms with Crippen LogP contribution < -0.4 is 0 Å². The molecule has 0 radical (unpaired) electrons. The topological polar surface area (TPSA) is 59.0 Å². The smallest absolute Gasteiger partial charge is 0.262 e. The van der Waals surface area contributed by atoms with Crippen LogP contribution in [0.2, 0.25) is 0 Å². The molecule has 2 rings (SSSR count). The highest BCUT2D eigenvalue weighted by molar-refractivity contribution is 6.07. The molecular formula is C15H18N2O3. The summed E-state index contributed by atoms with van der Waals surface area (Å²) in [6, 6.07) is 0. The van der Waals surface area contributed by atoms with E-state index in [4.69, 9.17) is 11.2 Å². The van der Waals surface area contributed by atoms with Gasteiger partial charge in [-0.3, -0.25) is 9.59 Å². The summed E-state index contributed by atoms with van der Waals surface area (Å²) in [6.45, 7) is 2.28. The summed E-state index contributed by atoms with van der Waals surface area (Å²) in [5.41, 5.74) is 0. The minimum absolute atomic E-state index is 0.147. The number of terminal acetylenes is 1. The fourth-order valence-electron chi connectivity index (χ4n) is 2.43. The molecule has 0 N–H and O–H groups in total. The molecule has 2 amide bonds. The molecule has 5 heteroatoms. The van der Waals surface area contributed by atoms with Crippen LogP contribution >= 0.6 is 0 Å². The number of likely N-dealkylation sites (tertiary alicyclic amines) is 1. The first-order valence-corrected chi connectivity index (χ1v) is 6.77. The maximum atomic E-state index is 12.3. The van der Waals surface area contributed by atoms with Gasteiger partial charge in [0.15, 0.2) is 0 Å². The molecule has 0 aromatic carbocycles. The number of rotatable bonds is 4. The van der Waals surface area contributed by atoms with Gasteiger partial charge in [-0.05, 0) is 24.8 Å². The zero-order valence-electron chi connectivity index (χ0n) is 11.3. The van der Waals surface area contributed by atoms with Crippen LogP contribution in [0.1, 0.15) is 12.8 Å². The largest absolute Gasteiger partial charge is 0.369 e. The second-order valence-electron chi connectivity index (χ2n) is 4.97. The van der Waals surface area contributed by atoms with Gasteiger partial charge in [-0.1, -0.05) is 12.0 Å². The quantitative estimate of drug-likeness (QED) is 0.430.